The lowest BCUT2D eigenvalue weighted by Crippen LogP contribution is -2.26. The molecule has 0 bridgehead atoms. The van der Waals surface area contributed by atoms with Crippen LogP contribution in [0.5, 0.6) is 0 Å². The first kappa shape index (κ1) is 18.7. The van der Waals surface area contributed by atoms with Crippen LogP contribution in [0.2, 0.25) is 5.02 Å². The Morgan fingerprint density at radius 3 is 2.61 bits per heavy atom. The van der Waals surface area contributed by atoms with Gasteiger partial charge in [-0.25, -0.2) is 13.1 Å². The molecule has 2 rings (SSSR count). The predicted molar refractivity (Wildman–Crippen MR) is 96.2 cm³/mol. The molecule has 130 valence electrons. The molecular formula is C17H27ClN2O2S. The molecule has 1 N–H and O–H groups in total. The Kier molecular flexibility index (Phi) is 7.34. The monoisotopic (exact) mass is 358 g/mol. The van der Waals surface area contributed by atoms with E-state index < -0.39 is 10.0 Å². The number of unbranched alkanes of at least 4 members (excludes halogenated alkanes) is 2. The number of rotatable bonds is 9. The van der Waals surface area contributed by atoms with E-state index in [1.807, 2.05) is 0 Å². The van der Waals surface area contributed by atoms with Crippen LogP contribution in [0.25, 0.3) is 0 Å². The first-order chi connectivity index (χ1) is 11.0. The number of hydrogen-bond acceptors (Lipinski definition) is 3. The van der Waals surface area contributed by atoms with E-state index in [1.165, 1.54) is 32.2 Å². The average molecular weight is 359 g/mol. The molecule has 0 spiro atoms. The van der Waals surface area contributed by atoms with Crippen LogP contribution in [0, 0.1) is 0 Å². The van der Waals surface area contributed by atoms with E-state index in [-0.39, 0.29) is 5.75 Å². The molecule has 0 amide bonds. The molecule has 1 aromatic rings. The molecule has 0 saturated carbocycles. The van der Waals surface area contributed by atoms with Gasteiger partial charge in [0.15, 0.2) is 0 Å². The fraction of sp³-hybridized carbons (Fsp3) is 0.647. The zero-order valence-corrected chi connectivity index (χ0v) is 15.4. The van der Waals surface area contributed by atoms with Crippen LogP contribution in [0.3, 0.4) is 0 Å². The van der Waals surface area contributed by atoms with Gasteiger partial charge in [0.1, 0.15) is 0 Å². The van der Waals surface area contributed by atoms with Crippen molar-refractivity contribution >= 4 is 21.6 Å². The van der Waals surface area contributed by atoms with Gasteiger partial charge in [0.05, 0.1) is 5.75 Å². The van der Waals surface area contributed by atoms with Crippen LogP contribution in [0.4, 0.5) is 0 Å². The Morgan fingerprint density at radius 2 is 1.96 bits per heavy atom. The van der Waals surface area contributed by atoms with E-state index in [4.69, 9.17) is 11.6 Å². The smallest absolute Gasteiger partial charge is 0.215 e. The second-order valence-corrected chi connectivity index (χ2v) is 8.65. The highest BCUT2D eigenvalue weighted by Crippen LogP contribution is 2.20. The van der Waals surface area contributed by atoms with Crippen molar-refractivity contribution < 1.29 is 8.42 Å². The lowest BCUT2D eigenvalue weighted by molar-refractivity contribution is 0.289. The Balaban J connectivity index is 1.60. The number of nitrogens with zero attached hydrogens (tertiary/aromatic N) is 1. The first-order valence-corrected chi connectivity index (χ1v) is 10.4. The maximum atomic E-state index is 12.0. The molecule has 1 heterocycles. The van der Waals surface area contributed by atoms with E-state index in [0.29, 0.717) is 11.6 Å². The van der Waals surface area contributed by atoms with Crippen molar-refractivity contribution in [3.8, 4) is 0 Å². The van der Waals surface area contributed by atoms with Crippen molar-refractivity contribution in [2.24, 2.45) is 0 Å². The highest BCUT2D eigenvalue weighted by atomic mass is 35.5. The summed E-state index contributed by atoms with van der Waals surface area (Å²) in [5, 5.41) is 0.618. The summed E-state index contributed by atoms with van der Waals surface area (Å²) < 4.78 is 26.7. The fourth-order valence-electron chi connectivity index (χ4n) is 3.10. The summed E-state index contributed by atoms with van der Waals surface area (Å²) >= 11 is 5.80. The summed E-state index contributed by atoms with van der Waals surface area (Å²) in [4.78, 5) is 2.44. The fourth-order valence-corrected chi connectivity index (χ4v) is 4.42. The van der Waals surface area contributed by atoms with Gasteiger partial charge in [0.2, 0.25) is 10.0 Å². The van der Waals surface area contributed by atoms with Crippen LogP contribution in [0.15, 0.2) is 24.3 Å². The number of hydrogen-bond donors (Lipinski definition) is 1. The van der Waals surface area contributed by atoms with Gasteiger partial charge < -0.3 is 4.90 Å². The van der Waals surface area contributed by atoms with Gasteiger partial charge in [-0.1, -0.05) is 36.6 Å². The highest BCUT2D eigenvalue weighted by molar-refractivity contribution is 7.88. The standard InChI is InChI=1S/C17H27ClN2O2S/c1-20-13-5-7-17(20)6-3-2-4-12-19-23(21,22)14-15-8-10-16(18)11-9-15/h8-11,17,19H,2-7,12-14H2,1H3/t17-/m0/s1. The van der Waals surface area contributed by atoms with Crippen LogP contribution < -0.4 is 4.72 Å². The van der Waals surface area contributed by atoms with E-state index in [0.717, 1.165) is 24.4 Å². The summed E-state index contributed by atoms with van der Waals surface area (Å²) in [6, 6.07) is 7.66. The molecule has 1 atom stereocenters. The van der Waals surface area contributed by atoms with Crippen LogP contribution in [0.1, 0.15) is 44.1 Å². The lowest BCUT2D eigenvalue weighted by atomic mass is 10.1. The Morgan fingerprint density at radius 1 is 1.22 bits per heavy atom. The largest absolute Gasteiger partial charge is 0.303 e. The van der Waals surface area contributed by atoms with Crippen LogP contribution >= 0.6 is 11.6 Å². The lowest BCUT2D eigenvalue weighted by Gasteiger charge is -2.18. The maximum absolute atomic E-state index is 12.0. The van der Waals surface area contributed by atoms with E-state index in [9.17, 15) is 8.42 Å². The third-order valence-electron chi connectivity index (χ3n) is 4.48. The van der Waals surface area contributed by atoms with Crippen molar-refractivity contribution in [1.29, 1.82) is 0 Å². The minimum absolute atomic E-state index is 0.0110. The van der Waals surface area contributed by atoms with Gasteiger partial charge in [-0.15, -0.1) is 0 Å². The first-order valence-electron chi connectivity index (χ1n) is 8.38. The molecule has 1 fully saturated rings. The van der Waals surface area contributed by atoms with Crippen LogP contribution in [-0.4, -0.2) is 39.5 Å². The number of nitrogens with one attached hydrogen (secondary N) is 1. The number of sulfonamides is 1. The van der Waals surface area contributed by atoms with Crippen molar-refractivity contribution in [3.63, 3.8) is 0 Å². The van der Waals surface area contributed by atoms with Gasteiger partial charge >= 0.3 is 0 Å². The Bertz CT molecular complexity index is 575. The van der Waals surface area contributed by atoms with Gasteiger partial charge in [-0.3, -0.25) is 0 Å². The molecule has 23 heavy (non-hydrogen) atoms. The number of benzene rings is 1. The minimum Gasteiger partial charge on any atom is -0.303 e. The van der Waals surface area contributed by atoms with E-state index in [1.54, 1.807) is 24.3 Å². The zero-order valence-electron chi connectivity index (χ0n) is 13.8. The number of halogens is 1. The summed E-state index contributed by atoms with van der Waals surface area (Å²) in [5.74, 6) is 0.0110. The topological polar surface area (TPSA) is 49.4 Å². The molecule has 0 radical (unpaired) electrons. The van der Waals surface area contributed by atoms with Gasteiger partial charge in [0.25, 0.3) is 0 Å². The third kappa shape index (κ3) is 6.79. The average Bonchev–Trinajstić information content (AvgIpc) is 2.90. The second-order valence-electron chi connectivity index (χ2n) is 6.41. The summed E-state index contributed by atoms with van der Waals surface area (Å²) in [5.41, 5.74) is 0.756. The molecule has 1 aliphatic rings. The third-order valence-corrected chi connectivity index (χ3v) is 6.09. The molecule has 0 aliphatic carbocycles. The molecule has 1 saturated heterocycles. The molecule has 0 unspecified atom stereocenters. The quantitative estimate of drug-likeness (QED) is 0.688. The molecule has 0 aromatic heterocycles. The summed E-state index contributed by atoms with van der Waals surface area (Å²) in [7, 11) is -1.06. The van der Waals surface area contributed by atoms with E-state index >= 15 is 0 Å². The number of likely N-dealkylation sites (tertiary alicyclic amines) is 1. The molecule has 6 heteroatoms. The van der Waals surface area contributed by atoms with Crippen LogP contribution in [-0.2, 0) is 15.8 Å². The molecule has 1 aliphatic heterocycles. The Labute approximate surface area is 145 Å². The zero-order chi connectivity index (χ0) is 16.7. The van der Waals surface area contributed by atoms with Crippen molar-refractivity contribution in [2.45, 2.75) is 50.3 Å². The van der Waals surface area contributed by atoms with E-state index in [2.05, 4.69) is 16.7 Å². The highest BCUT2D eigenvalue weighted by Gasteiger charge is 2.19. The summed E-state index contributed by atoms with van der Waals surface area (Å²) in [6.45, 7) is 1.74. The Hall–Kier alpha value is -0.620. The van der Waals surface area contributed by atoms with Crippen molar-refractivity contribution in [2.75, 3.05) is 20.1 Å². The maximum Gasteiger partial charge on any atom is 0.215 e. The second kappa shape index (κ2) is 9.02. The normalized spacial score (nSPS) is 19.3. The van der Waals surface area contributed by atoms with Crippen molar-refractivity contribution in [1.82, 2.24) is 9.62 Å². The molecule has 4 nitrogen and oxygen atoms in total. The van der Waals surface area contributed by atoms with Gasteiger partial charge in [-0.2, -0.15) is 0 Å². The van der Waals surface area contributed by atoms with Gasteiger partial charge in [-0.05, 0) is 57.0 Å². The van der Waals surface area contributed by atoms with Gasteiger partial charge in [0, 0.05) is 17.6 Å². The molecule has 1 aromatic carbocycles. The summed E-state index contributed by atoms with van der Waals surface area (Å²) in [6.07, 6.45) is 7.00. The SMILES string of the molecule is CN1CCC[C@@H]1CCCCCNS(=O)(=O)Cc1ccc(Cl)cc1. The van der Waals surface area contributed by atoms with Crippen molar-refractivity contribution in [3.05, 3.63) is 34.9 Å². The molecular weight excluding hydrogens is 332 g/mol. The predicted octanol–water partition coefficient (Wildman–Crippen LogP) is 3.41. The minimum atomic E-state index is -3.26.